The first-order valence-corrected chi connectivity index (χ1v) is 8.04. The van der Waals surface area contributed by atoms with Crippen LogP contribution in [0.25, 0.3) is 11.0 Å². The van der Waals surface area contributed by atoms with E-state index in [-0.39, 0.29) is 6.04 Å². The molecule has 2 unspecified atom stereocenters. The van der Waals surface area contributed by atoms with Crippen LogP contribution in [0.1, 0.15) is 37.5 Å². The lowest BCUT2D eigenvalue weighted by molar-refractivity contribution is 0.0992. The van der Waals surface area contributed by atoms with Crippen LogP contribution in [0.3, 0.4) is 0 Å². The fraction of sp³-hybridized carbons (Fsp3) is 0.500. The molecule has 20 heavy (non-hydrogen) atoms. The van der Waals surface area contributed by atoms with Gasteiger partial charge in [-0.2, -0.15) is 0 Å². The first-order chi connectivity index (χ1) is 9.78. The summed E-state index contributed by atoms with van der Waals surface area (Å²) >= 11 is 3.54. The van der Waals surface area contributed by atoms with Crippen LogP contribution in [-0.2, 0) is 4.74 Å². The van der Waals surface area contributed by atoms with Crippen molar-refractivity contribution in [1.82, 2.24) is 5.32 Å². The van der Waals surface area contributed by atoms with Crippen molar-refractivity contribution in [3.8, 4) is 0 Å². The lowest BCUT2D eigenvalue weighted by Gasteiger charge is -2.16. The molecule has 3 nitrogen and oxygen atoms in total. The van der Waals surface area contributed by atoms with E-state index in [1.165, 1.54) is 12.8 Å². The standard InChI is InChI=1S/C16H20BrNO2/c1-18-14(8-7-12-5-3-9-19-12)15-10-11-4-2-6-13(17)16(11)20-15/h2,4,6,10,12,14,18H,3,5,7-9H2,1H3. The molecule has 1 saturated heterocycles. The van der Waals surface area contributed by atoms with Crippen molar-refractivity contribution in [2.45, 2.75) is 37.8 Å². The minimum Gasteiger partial charge on any atom is -0.458 e. The van der Waals surface area contributed by atoms with Gasteiger partial charge in [-0.1, -0.05) is 12.1 Å². The fourth-order valence-electron chi connectivity index (χ4n) is 2.87. The van der Waals surface area contributed by atoms with Crippen LogP contribution in [0, 0.1) is 0 Å². The summed E-state index contributed by atoms with van der Waals surface area (Å²) in [7, 11) is 1.99. The third-order valence-corrected chi connectivity index (χ3v) is 4.63. The van der Waals surface area contributed by atoms with E-state index >= 15 is 0 Å². The molecule has 0 amide bonds. The van der Waals surface area contributed by atoms with Gasteiger partial charge in [-0.3, -0.25) is 0 Å². The highest BCUT2D eigenvalue weighted by atomic mass is 79.9. The van der Waals surface area contributed by atoms with E-state index in [2.05, 4.69) is 33.4 Å². The van der Waals surface area contributed by atoms with Gasteiger partial charge in [0.1, 0.15) is 11.3 Å². The molecule has 4 heteroatoms. The van der Waals surface area contributed by atoms with E-state index in [0.29, 0.717) is 6.10 Å². The van der Waals surface area contributed by atoms with Crippen LogP contribution in [0.5, 0.6) is 0 Å². The molecular formula is C16H20BrNO2. The zero-order chi connectivity index (χ0) is 13.9. The van der Waals surface area contributed by atoms with E-state index in [1.807, 2.05) is 19.2 Å². The third-order valence-electron chi connectivity index (χ3n) is 4.01. The van der Waals surface area contributed by atoms with E-state index in [0.717, 1.165) is 40.7 Å². The van der Waals surface area contributed by atoms with Crippen molar-refractivity contribution in [2.24, 2.45) is 0 Å². The number of hydrogen-bond acceptors (Lipinski definition) is 3. The molecule has 0 saturated carbocycles. The molecule has 1 aromatic carbocycles. The third kappa shape index (κ3) is 2.92. The number of ether oxygens (including phenoxy) is 1. The first kappa shape index (κ1) is 14.1. The number of halogens is 1. The van der Waals surface area contributed by atoms with Crippen LogP contribution in [0.2, 0.25) is 0 Å². The van der Waals surface area contributed by atoms with Crippen LogP contribution >= 0.6 is 15.9 Å². The Labute approximate surface area is 127 Å². The molecule has 2 heterocycles. The minimum atomic E-state index is 0.249. The first-order valence-electron chi connectivity index (χ1n) is 7.25. The lowest BCUT2D eigenvalue weighted by atomic mass is 10.0. The van der Waals surface area contributed by atoms with Gasteiger partial charge in [0.05, 0.1) is 16.6 Å². The van der Waals surface area contributed by atoms with E-state index in [1.54, 1.807) is 0 Å². The average molecular weight is 338 g/mol. The van der Waals surface area contributed by atoms with E-state index < -0.39 is 0 Å². The molecule has 1 aliphatic heterocycles. The number of nitrogens with one attached hydrogen (secondary N) is 1. The molecule has 0 radical (unpaired) electrons. The molecule has 0 aliphatic carbocycles. The number of para-hydroxylation sites is 1. The highest BCUT2D eigenvalue weighted by Gasteiger charge is 2.20. The van der Waals surface area contributed by atoms with Crippen LogP contribution in [0.15, 0.2) is 33.2 Å². The summed E-state index contributed by atoms with van der Waals surface area (Å²) in [4.78, 5) is 0. The van der Waals surface area contributed by atoms with Gasteiger partial charge in [0.25, 0.3) is 0 Å². The SMILES string of the molecule is CNC(CCC1CCCO1)c1cc2cccc(Br)c2o1. The van der Waals surface area contributed by atoms with Crippen LogP contribution in [0.4, 0.5) is 0 Å². The van der Waals surface area contributed by atoms with Crippen molar-refractivity contribution in [2.75, 3.05) is 13.7 Å². The Kier molecular flexibility index (Phi) is 4.44. The van der Waals surface area contributed by atoms with E-state index in [4.69, 9.17) is 9.15 Å². The van der Waals surface area contributed by atoms with Crippen molar-refractivity contribution >= 4 is 26.9 Å². The summed E-state index contributed by atoms with van der Waals surface area (Å²) < 4.78 is 12.7. The Morgan fingerprint density at radius 2 is 2.35 bits per heavy atom. The van der Waals surface area contributed by atoms with Gasteiger partial charge in [-0.15, -0.1) is 0 Å². The maximum atomic E-state index is 6.02. The Morgan fingerprint density at radius 1 is 1.45 bits per heavy atom. The normalized spacial score (nSPS) is 20.6. The number of hydrogen-bond donors (Lipinski definition) is 1. The van der Waals surface area contributed by atoms with Gasteiger partial charge in [-0.25, -0.2) is 0 Å². The predicted octanol–water partition coefficient (Wildman–Crippen LogP) is 4.42. The summed E-state index contributed by atoms with van der Waals surface area (Å²) in [6.45, 7) is 0.923. The van der Waals surface area contributed by atoms with Gasteiger partial charge >= 0.3 is 0 Å². The Morgan fingerprint density at radius 3 is 3.05 bits per heavy atom. The van der Waals surface area contributed by atoms with Crippen molar-refractivity contribution in [1.29, 1.82) is 0 Å². The number of furan rings is 1. The molecule has 1 N–H and O–H groups in total. The summed E-state index contributed by atoms with van der Waals surface area (Å²) in [5.41, 5.74) is 0.930. The van der Waals surface area contributed by atoms with Crippen LogP contribution in [-0.4, -0.2) is 19.8 Å². The van der Waals surface area contributed by atoms with Gasteiger partial charge in [0, 0.05) is 12.0 Å². The van der Waals surface area contributed by atoms with Crippen LogP contribution < -0.4 is 5.32 Å². The van der Waals surface area contributed by atoms with Crippen molar-refractivity contribution in [3.05, 3.63) is 34.5 Å². The zero-order valence-electron chi connectivity index (χ0n) is 11.7. The minimum absolute atomic E-state index is 0.249. The van der Waals surface area contributed by atoms with Gasteiger partial charge in [0.2, 0.25) is 0 Å². The summed E-state index contributed by atoms with van der Waals surface area (Å²) in [6, 6.07) is 8.51. The van der Waals surface area contributed by atoms with Crippen molar-refractivity contribution < 1.29 is 9.15 Å². The largest absolute Gasteiger partial charge is 0.458 e. The summed E-state index contributed by atoms with van der Waals surface area (Å²) in [5.74, 6) is 1.01. The topological polar surface area (TPSA) is 34.4 Å². The maximum Gasteiger partial charge on any atom is 0.148 e. The molecule has 2 atom stereocenters. The number of benzene rings is 1. The lowest BCUT2D eigenvalue weighted by Crippen LogP contribution is -2.18. The summed E-state index contributed by atoms with van der Waals surface area (Å²) in [5, 5.41) is 4.50. The average Bonchev–Trinajstić information content (AvgIpc) is 3.09. The Bertz CT molecular complexity index is 575. The second kappa shape index (κ2) is 6.29. The second-order valence-corrected chi connectivity index (χ2v) is 6.21. The quantitative estimate of drug-likeness (QED) is 0.877. The van der Waals surface area contributed by atoms with Gasteiger partial charge in [-0.05, 0) is 60.8 Å². The molecule has 1 aromatic heterocycles. The fourth-order valence-corrected chi connectivity index (χ4v) is 3.34. The second-order valence-electron chi connectivity index (χ2n) is 5.36. The molecule has 0 bridgehead atoms. The maximum absolute atomic E-state index is 6.02. The zero-order valence-corrected chi connectivity index (χ0v) is 13.3. The Hall–Kier alpha value is -0.840. The molecular weight excluding hydrogens is 318 g/mol. The molecule has 2 aromatic rings. The highest BCUT2D eigenvalue weighted by Crippen LogP contribution is 2.31. The smallest absolute Gasteiger partial charge is 0.148 e. The highest BCUT2D eigenvalue weighted by molar-refractivity contribution is 9.10. The van der Waals surface area contributed by atoms with Gasteiger partial charge in [0.15, 0.2) is 0 Å². The number of rotatable bonds is 5. The molecule has 0 spiro atoms. The summed E-state index contributed by atoms with van der Waals surface area (Å²) in [6.07, 6.45) is 4.96. The molecule has 1 fully saturated rings. The van der Waals surface area contributed by atoms with Crippen molar-refractivity contribution in [3.63, 3.8) is 0 Å². The monoisotopic (exact) mass is 337 g/mol. The Balaban J connectivity index is 1.74. The molecule has 3 rings (SSSR count). The predicted molar refractivity (Wildman–Crippen MR) is 83.9 cm³/mol. The number of fused-ring (bicyclic) bond motifs is 1. The molecule has 1 aliphatic rings. The van der Waals surface area contributed by atoms with E-state index in [9.17, 15) is 0 Å². The van der Waals surface area contributed by atoms with Gasteiger partial charge < -0.3 is 14.5 Å². The molecule has 108 valence electrons.